The van der Waals surface area contributed by atoms with Gasteiger partial charge in [-0.15, -0.1) is 6.58 Å². The minimum absolute atomic E-state index is 0.459. The summed E-state index contributed by atoms with van der Waals surface area (Å²) in [7, 11) is 0. The zero-order chi connectivity index (χ0) is 21.7. The van der Waals surface area contributed by atoms with Crippen LogP contribution in [0.2, 0.25) is 0 Å². The van der Waals surface area contributed by atoms with Crippen molar-refractivity contribution in [1.29, 1.82) is 0 Å². The molecule has 0 saturated heterocycles. The summed E-state index contributed by atoms with van der Waals surface area (Å²) < 4.78 is 0. The fourth-order valence-electron chi connectivity index (χ4n) is 9.48. The quantitative estimate of drug-likeness (QED) is 0.436. The zero-order valence-corrected chi connectivity index (χ0v) is 20.8. The van der Waals surface area contributed by atoms with Crippen molar-refractivity contribution in [1.82, 2.24) is 0 Å². The molecule has 4 aliphatic carbocycles. The Balaban J connectivity index is 1.47. The lowest BCUT2D eigenvalue weighted by atomic mass is 9.43. The summed E-state index contributed by atoms with van der Waals surface area (Å²) in [5, 5.41) is 10.9. The highest BCUT2D eigenvalue weighted by Crippen LogP contribution is 2.68. The molecular weight excluding hydrogens is 364 g/mol. The summed E-state index contributed by atoms with van der Waals surface area (Å²) in [5.74, 6) is 6.23. The second-order valence-electron chi connectivity index (χ2n) is 13.2. The summed E-state index contributed by atoms with van der Waals surface area (Å²) >= 11 is 0. The number of aliphatic hydroxyl groups is 1. The van der Waals surface area contributed by atoms with E-state index in [9.17, 15) is 5.11 Å². The van der Waals surface area contributed by atoms with Crippen LogP contribution < -0.4 is 0 Å². The highest BCUT2D eigenvalue weighted by atomic mass is 16.3. The van der Waals surface area contributed by atoms with E-state index in [1.807, 2.05) is 6.08 Å². The lowest BCUT2D eigenvalue weighted by molar-refractivity contribution is -0.141. The van der Waals surface area contributed by atoms with Gasteiger partial charge in [0.25, 0.3) is 0 Å². The molecule has 0 amide bonds. The van der Waals surface area contributed by atoms with Crippen molar-refractivity contribution in [3.63, 3.8) is 0 Å². The molecule has 0 spiro atoms. The predicted molar refractivity (Wildman–Crippen MR) is 128 cm³/mol. The Kier molecular flexibility index (Phi) is 6.28. The maximum absolute atomic E-state index is 10.9. The van der Waals surface area contributed by atoms with Gasteiger partial charge in [0.05, 0.1) is 5.60 Å². The van der Waals surface area contributed by atoms with Crippen LogP contribution in [0.4, 0.5) is 0 Å². The fourth-order valence-corrected chi connectivity index (χ4v) is 9.48. The standard InChI is InChI=1S/C29H50O/c1-7-29(30)18-17-27(5)22(19-29)11-12-23-25-14-13-24(21(4)10-8-9-20(2)3)28(25,6)16-15-26(23)27/h7,20-26,30H,1,8-19H2,2-6H3/t21-,22?,23+,24-,25+,26+,27+,28-,29+/m1/s1. The van der Waals surface area contributed by atoms with E-state index in [-0.39, 0.29) is 0 Å². The molecule has 172 valence electrons. The Morgan fingerprint density at radius 2 is 1.63 bits per heavy atom. The van der Waals surface area contributed by atoms with Crippen LogP contribution in [0.25, 0.3) is 0 Å². The zero-order valence-electron chi connectivity index (χ0n) is 20.8. The molecule has 4 rings (SSSR count). The first-order valence-electron chi connectivity index (χ1n) is 13.5. The molecule has 4 saturated carbocycles. The molecule has 4 fully saturated rings. The molecule has 1 heteroatoms. The second kappa shape index (κ2) is 8.24. The first-order valence-corrected chi connectivity index (χ1v) is 13.5. The van der Waals surface area contributed by atoms with Crippen LogP contribution in [-0.2, 0) is 0 Å². The molecule has 0 aromatic carbocycles. The summed E-state index contributed by atoms with van der Waals surface area (Å²) in [6.45, 7) is 16.6. The van der Waals surface area contributed by atoms with E-state index in [4.69, 9.17) is 0 Å². The third kappa shape index (κ3) is 3.74. The van der Waals surface area contributed by atoms with Gasteiger partial charge in [0.2, 0.25) is 0 Å². The lowest BCUT2D eigenvalue weighted by Crippen LogP contribution is -2.55. The van der Waals surface area contributed by atoms with Crippen LogP contribution in [-0.4, -0.2) is 10.7 Å². The molecule has 0 bridgehead atoms. The number of hydrogen-bond donors (Lipinski definition) is 1. The Labute approximate surface area is 187 Å². The van der Waals surface area contributed by atoms with Gasteiger partial charge in [-0.25, -0.2) is 0 Å². The molecule has 1 unspecified atom stereocenters. The summed E-state index contributed by atoms with van der Waals surface area (Å²) in [6.07, 6.45) is 17.9. The molecule has 0 radical (unpaired) electrons. The number of fused-ring (bicyclic) bond motifs is 5. The molecule has 0 heterocycles. The number of hydrogen-bond acceptors (Lipinski definition) is 1. The molecule has 1 nitrogen and oxygen atoms in total. The van der Waals surface area contributed by atoms with Crippen LogP contribution in [0.15, 0.2) is 12.7 Å². The molecule has 30 heavy (non-hydrogen) atoms. The molecule has 0 aliphatic heterocycles. The minimum Gasteiger partial charge on any atom is -0.386 e. The third-order valence-electron chi connectivity index (χ3n) is 11.3. The van der Waals surface area contributed by atoms with Crippen molar-refractivity contribution in [2.24, 2.45) is 52.3 Å². The summed E-state index contributed by atoms with van der Waals surface area (Å²) in [5.41, 5.74) is 0.461. The maximum atomic E-state index is 10.9. The Morgan fingerprint density at radius 1 is 0.900 bits per heavy atom. The molecule has 0 aromatic heterocycles. The first-order chi connectivity index (χ1) is 14.1. The molecule has 4 aliphatic rings. The number of rotatable bonds is 6. The van der Waals surface area contributed by atoms with Crippen LogP contribution >= 0.6 is 0 Å². The van der Waals surface area contributed by atoms with E-state index in [2.05, 4.69) is 41.2 Å². The third-order valence-corrected chi connectivity index (χ3v) is 11.3. The van der Waals surface area contributed by atoms with E-state index >= 15 is 0 Å². The van der Waals surface area contributed by atoms with Gasteiger partial charge in [-0.1, -0.05) is 60.0 Å². The van der Waals surface area contributed by atoms with Gasteiger partial charge < -0.3 is 5.11 Å². The van der Waals surface area contributed by atoms with Gasteiger partial charge in [-0.3, -0.25) is 0 Å². The smallest absolute Gasteiger partial charge is 0.0828 e. The van der Waals surface area contributed by atoms with Crippen LogP contribution in [0.1, 0.15) is 112 Å². The van der Waals surface area contributed by atoms with Gasteiger partial charge in [-0.2, -0.15) is 0 Å². The van der Waals surface area contributed by atoms with Gasteiger partial charge in [0.1, 0.15) is 0 Å². The van der Waals surface area contributed by atoms with Crippen LogP contribution in [0.5, 0.6) is 0 Å². The van der Waals surface area contributed by atoms with Crippen molar-refractivity contribution in [2.75, 3.05) is 0 Å². The molecule has 1 N–H and O–H groups in total. The van der Waals surface area contributed by atoms with Gasteiger partial charge >= 0.3 is 0 Å². The van der Waals surface area contributed by atoms with Crippen molar-refractivity contribution < 1.29 is 5.11 Å². The predicted octanol–water partition coefficient (Wildman–Crippen LogP) is 8.02. The monoisotopic (exact) mass is 414 g/mol. The Hall–Kier alpha value is -0.300. The first kappa shape index (κ1) is 22.9. The van der Waals surface area contributed by atoms with Crippen molar-refractivity contribution in [3.8, 4) is 0 Å². The van der Waals surface area contributed by atoms with Crippen molar-refractivity contribution in [3.05, 3.63) is 12.7 Å². The van der Waals surface area contributed by atoms with Gasteiger partial charge in [0, 0.05) is 0 Å². The summed E-state index contributed by atoms with van der Waals surface area (Å²) in [4.78, 5) is 0. The van der Waals surface area contributed by atoms with Crippen LogP contribution in [0.3, 0.4) is 0 Å². The van der Waals surface area contributed by atoms with Crippen molar-refractivity contribution >= 4 is 0 Å². The fraction of sp³-hybridized carbons (Fsp3) is 0.931. The maximum Gasteiger partial charge on any atom is 0.0828 e. The summed E-state index contributed by atoms with van der Waals surface area (Å²) in [6, 6.07) is 0. The largest absolute Gasteiger partial charge is 0.386 e. The molecular formula is C29H50O. The topological polar surface area (TPSA) is 20.2 Å². The highest BCUT2D eigenvalue weighted by Gasteiger charge is 2.61. The lowest BCUT2D eigenvalue weighted by Gasteiger charge is -2.62. The van der Waals surface area contributed by atoms with Crippen molar-refractivity contribution in [2.45, 2.75) is 117 Å². The normalized spacial score (nSPS) is 49.2. The van der Waals surface area contributed by atoms with Gasteiger partial charge in [-0.05, 0) is 110 Å². The van der Waals surface area contributed by atoms with Crippen LogP contribution in [0, 0.1) is 52.3 Å². The average molecular weight is 415 g/mol. The van der Waals surface area contributed by atoms with E-state index in [1.165, 1.54) is 64.2 Å². The average Bonchev–Trinajstić information content (AvgIpc) is 3.05. The minimum atomic E-state index is -0.593. The Morgan fingerprint density at radius 3 is 2.33 bits per heavy atom. The van der Waals surface area contributed by atoms with E-state index < -0.39 is 5.60 Å². The second-order valence-corrected chi connectivity index (χ2v) is 13.2. The van der Waals surface area contributed by atoms with E-state index in [0.717, 1.165) is 48.3 Å². The highest BCUT2D eigenvalue weighted by molar-refractivity contribution is 5.12. The Bertz CT molecular complexity index is 624. The van der Waals surface area contributed by atoms with Gasteiger partial charge in [0.15, 0.2) is 0 Å². The SMILES string of the molecule is C=C[C@]1(O)CC[C@@]2(C)C(CC[C@H]3[C@@H]4CC[C@H]([C@H](C)CCCC(C)C)[C@@]4(C)CC[C@@H]32)C1. The molecule has 0 aromatic rings. The molecule has 9 atom stereocenters. The van der Waals surface area contributed by atoms with E-state index in [0.29, 0.717) is 16.7 Å². The van der Waals surface area contributed by atoms with E-state index in [1.54, 1.807) is 0 Å².